The maximum atomic E-state index is 12.8. The normalized spacial score (nSPS) is 40.6. The molecule has 3 aliphatic rings. The van der Waals surface area contributed by atoms with E-state index >= 15 is 0 Å². The van der Waals surface area contributed by atoms with Gasteiger partial charge in [0.05, 0.1) is 0 Å². The van der Waals surface area contributed by atoms with Gasteiger partial charge < -0.3 is 0 Å². The van der Waals surface area contributed by atoms with E-state index in [4.69, 9.17) is 0 Å². The number of rotatable bonds is 2. The first kappa shape index (κ1) is 15.9. The topological polar surface area (TPSA) is 71.4 Å². The molecule has 4 unspecified atom stereocenters. The van der Waals surface area contributed by atoms with E-state index in [0.717, 1.165) is 18.4 Å². The molecule has 22 heavy (non-hydrogen) atoms. The number of fused-ring (bicyclic) bond motifs is 2. The van der Waals surface area contributed by atoms with Crippen molar-refractivity contribution in [1.29, 1.82) is 0 Å². The molecular formula is C17H24O4S. The third kappa shape index (κ3) is 1.91. The Morgan fingerprint density at radius 2 is 1.91 bits per heavy atom. The van der Waals surface area contributed by atoms with E-state index in [2.05, 4.69) is 20.8 Å². The lowest BCUT2D eigenvalue weighted by molar-refractivity contribution is -0.115. The Bertz CT molecular complexity index is 698. The average molecular weight is 324 g/mol. The van der Waals surface area contributed by atoms with Crippen molar-refractivity contribution in [2.75, 3.05) is 0 Å². The molecule has 0 saturated heterocycles. The molecule has 0 aliphatic heterocycles. The van der Waals surface area contributed by atoms with Gasteiger partial charge in [-0.2, -0.15) is 8.42 Å². The van der Waals surface area contributed by atoms with Gasteiger partial charge >= 0.3 is 0 Å². The van der Waals surface area contributed by atoms with Crippen LogP contribution in [0.1, 0.15) is 47.0 Å². The molecule has 0 aromatic carbocycles. The SMILES string of the molecule is CC1=C(C2CC3CCC2(C)C3(C)C)C(=O)C(S(=O)(=O)O)C=C1. The first-order valence-electron chi connectivity index (χ1n) is 7.89. The molecule has 3 rings (SSSR count). The summed E-state index contributed by atoms with van der Waals surface area (Å²) in [6.45, 7) is 8.64. The monoisotopic (exact) mass is 324 g/mol. The van der Waals surface area contributed by atoms with Gasteiger partial charge in [-0.25, -0.2) is 0 Å². The van der Waals surface area contributed by atoms with Crippen LogP contribution >= 0.6 is 0 Å². The van der Waals surface area contributed by atoms with Crippen molar-refractivity contribution in [2.45, 2.75) is 52.2 Å². The fraction of sp³-hybridized carbons (Fsp3) is 0.706. The van der Waals surface area contributed by atoms with Crippen molar-refractivity contribution in [2.24, 2.45) is 22.7 Å². The lowest BCUT2D eigenvalue weighted by atomic mass is 9.63. The largest absolute Gasteiger partial charge is 0.293 e. The summed E-state index contributed by atoms with van der Waals surface area (Å²) < 4.78 is 32.3. The molecule has 5 heteroatoms. The van der Waals surface area contributed by atoms with Gasteiger partial charge in [-0.15, -0.1) is 0 Å². The Kier molecular flexibility index (Phi) is 3.29. The molecule has 3 aliphatic carbocycles. The number of carbonyl (C=O) groups is 1. The lowest BCUT2D eigenvalue weighted by Gasteiger charge is -2.41. The summed E-state index contributed by atoms with van der Waals surface area (Å²) in [5.74, 6) is 0.228. The van der Waals surface area contributed by atoms with Crippen LogP contribution in [0.15, 0.2) is 23.3 Å². The average Bonchev–Trinajstić information content (AvgIpc) is 2.70. The third-order valence-electron chi connectivity index (χ3n) is 6.93. The van der Waals surface area contributed by atoms with E-state index in [-0.39, 0.29) is 16.7 Å². The van der Waals surface area contributed by atoms with Crippen LogP contribution in [0.3, 0.4) is 0 Å². The van der Waals surface area contributed by atoms with Gasteiger partial charge in [0.25, 0.3) is 10.1 Å². The van der Waals surface area contributed by atoms with Gasteiger partial charge in [0.1, 0.15) is 0 Å². The fourth-order valence-electron chi connectivity index (χ4n) is 5.08. The molecule has 0 aromatic heterocycles. The van der Waals surface area contributed by atoms with Gasteiger partial charge in [-0.05, 0) is 54.4 Å². The van der Waals surface area contributed by atoms with Gasteiger partial charge in [-0.3, -0.25) is 9.35 Å². The van der Waals surface area contributed by atoms with E-state index in [0.29, 0.717) is 11.5 Å². The Hall–Kier alpha value is -0.940. The highest BCUT2D eigenvalue weighted by Crippen LogP contribution is 2.70. The van der Waals surface area contributed by atoms with Gasteiger partial charge in [0.2, 0.25) is 0 Å². The van der Waals surface area contributed by atoms with Crippen molar-refractivity contribution in [3.8, 4) is 0 Å². The van der Waals surface area contributed by atoms with Crippen molar-refractivity contribution in [1.82, 2.24) is 0 Å². The van der Waals surface area contributed by atoms with Crippen molar-refractivity contribution < 1.29 is 17.8 Å². The summed E-state index contributed by atoms with van der Waals surface area (Å²) >= 11 is 0. The quantitative estimate of drug-likeness (QED) is 0.792. The van der Waals surface area contributed by atoms with Crippen LogP contribution in [-0.4, -0.2) is 24.0 Å². The van der Waals surface area contributed by atoms with Crippen LogP contribution < -0.4 is 0 Å². The fourth-order valence-corrected chi connectivity index (χ4v) is 5.75. The maximum Gasteiger partial charge on any atom is 0.279 e. The molecule has 2 fully saturated rings. The van der Waals surface area contributed by atoms with Crippen LogP contribution in [-0.2, 0) is 14.9 Å². The van der Waals surface area contributed by atoms with E-state index in [1.165, 1.54) is 12.5 Å². The van der Waals surface area contributed by atoms with Gasteiger partial charge in [0, 0.05) is 5.57 Å². The molecule has 2 saturated carbocycles. The highest BCUT2D eigenvalue weighted by molar-refractivity contribution is 7.87. The first-order valence-corrected chi connectivity index (χ1v) is 9.40. The minimum atomic E-state index is -4.39. The predicted molar refractivity (Wildman–Crippen MR) is 84.9 cm³/mol. The Morgan fingerprint density at radius 3 is 2.36 bits per heavy atom. The first-order chi connectivity index (χ1) is 10.00. The zero-order valence-electron chi connectivity index (χ0n) is 13.6. The molecule has 1 N–H and O–H groups in total. The summed E-state index contributed by atoms with van der Waals surface area (Å²) in [5, 5.41) is -1.43. The zero-order valence-corrected chi connectivity index (χ0v) is 14.4. The summed E-state index contributed by atoms with van der Waals surface area (Å²) in [5.41, 5.74) is 1.64. The maximum absolute atomic E-state index is 12.8. The Morgan fingerprint density at radius 1 is 1.27 bits per heavy atom. The van der Waals surface area contributed by atoms with Crippen LogP contribution in [0.2, 0.25) is 0 Å². The molecule has 0 aromatic rings. The molecule has 0 radical (unpaired) electrons. The molecule has 4 atom stereocenters. The highest BCUT2D eigenvalue weighted by Gasteiger charge is 2.63. The predicted octanol–water partition coefficient (Wildman–Crippen LogP) is 3.16. The number of Topliss-reactive ketones (excluding diaryl/α,β-unsaturated/α-hetero) is 1. The summed E-state index contributed by atoms with van der Waals surface area (Å²) in [7, 11) is -4.39. The number of ketones is 1. The second-order valence-corrected chi connectivity index (χ2v) is 9.46. The molecular weight excluding hydrogens is 300 g/mol. The Labute approximate surface area is 132 Å². The van der Waals surface area contributed by atoms with E-state index in [1.807, 2.05) is 6.92 Å². The molecule has 122 valence electrons. The molecule has 0 heterocycles. The number of allylic oxidation sites excluding steroid dienone is 3. The minimum absolute atomic E-state index is 0.0128. The lowest BCUT2D eigenvalue weighted by Crippen LogP contribution is -2.39. The summed E-state index contributed by atoms with van der Waals surface area (Å²) in [6.07, 6.45) is 6.17. The molecule has 2 bridgehead atoms. The zero-order chi connectivity index (χ0) is 16.5. The molecule has 4 nitrogen and oxygen atoms in total. The second kappa shape index (κ2) is 4.54. The van der Waals surface area contributed by atoms with E-state index < -0.39 is 21.2 Å². The van der Waals surface area contributed by atoms with Gasteiger partial charge in [-0.1, -0.05) is 32.9 Å². The van der Waals surface area contributed by atoms with E-state index in [9.17, 15) is 17.8 Å². The van der Waals surface area contributed by atoms with Crippen LogP contribution in [0.25, 0.3) is 0 Å². The number of hydrogen-bond donors (Lipinski definition) is 1. The number of hydrogen-bond acceptors (Lipinski definition) is 3. The van der Waals surface area contributed by atoms with Crippen molar-refractivity contribution in [3.05, 3.63) is 23.3 Å². The molecule has 0 spiro atoms. The highest BCUT2D eigenvalue weighted by atomic mass is 32.2. The van der Waals surface area contributed by atoms with Crippen molar-refractivity contribution >= 4 is 15.9 Å². The van der Waals surface area contributed by atoms with Gasteiger partial charge in [0.15, 0.2) is 11.0 Å². The third-order valence-corrected chi connectivity index (χ3v) is 7.95. The van der Waals surface area contributed by atoms with Crippen LogP contribution in [0.5, 0.6) is 0 Å². The second-order valence-electron chi connectivity index (χ2n) is 7.92. The van der Waals surface area contributed by atoms with E-state index in [1.54, 1.807) is 6.08 Å². The number of carbonyl (C=O) groups excluding carboxylic acids is 1. The standard InChI is InChI=1S/C17H24O4S/c1-10-5-6-13(22(19,20)21)15(18)14(10)12-9-11-7-8-17(12,4)16(11,2)3/h5-6,11-13H,7-9H2,1-4H3,(H,19,20,21). The smallest absolute Gasteiger partial charge is 0.279 e. The van der Waals surface area contributed by atoms with Crippen LogP contribution in [0, 0.1) is 22.7 Å². The summed E-state index contributed by atoms with van der Waals surface area (Å²) in [4.78, 5) is 12.8. The minimum Gasteiger partial charge on any atom is -0.293 e. The van der Waals surface area contributed by atoms with Crippen LogP contribution in [0.4, 0.5) is 0 Å². The Balaban J connectivity index is 2.06. The summed E-state index contributed by atoms with van der Waals surface area (Å²) in [6, 6.07) is 0. The van der Waals surface area contributed by atoms with Crippen molar-refractivity contribution in [3.63, 3.8) is 0 Å². The molecule has 0 amide bonds.